The topological polar surface area (TPSA) is 56.7 Å². The molecule has 4 nitrogen and oxygen atoms in total. The Hall–Kier alpha value is -1.84. The molecule has 0 aromatic carbocycles. The van der Waals surface area contributed by atoms with Gasteiger partial charge in [0.15, 0.2) is 0 Å². The molecule has 0 fully saturated rings. The average molecular weight is 202 g/mol. The Kier molecular flexibility index (Phi) is 2.67. The smallest absolute Gasteiger partial charge is 0.0753 e. The number of rotatable bonds is 3. The Labute approximate surface area is 88.8 Å². The van der Waals surface area contributed by atoms with Gasteiger partial charge in [-0.05, 0) is 18.6 Å². The predicted molar refractivity (Wildman–Crippen MR) is 60.2 cm³/mol. The van der Waals surface area contributed by atoms with E-state index >= 15 is 0 Å². The van der Waals surface area contributed by atoms with Gasteiger partial charge in [0.2, 0.25) is 0 Å². The minimum absolute atomic E-state index is 0.725. The van der Waals surface area contributed by atoms with Crippen molar-refractivity contribution < 1.29 is 0 Å². The predicted octanol–water partition coefficient (Wildman–Crippen LogP) is 1.94. The lowest BCUT2D eigenvalue weighted by atomic mass is 10.2. The van der Waals surface area contributed by atoms with E-state index in [0.717, 1.165) is 29.9 Å². The number of aryl methyl sites for hydroxylation is 1. The van der Waals surface area contributed by atoms with Gasteiger partial charge in [-0.1, -0.05) is 6.92 Å². The molecule has 0 aliphatic rings. The third-order valence-corrected chi connectivity index (χ3v) is 2.17. The zero-order valence-electron chi connectivity index (χ0n) is 8.72. The van der Waals surface area contributed by atoms with Crippen LogP contribution in [0.15, 0.2) is 30.7 Å². The lowest BCUT2D eigenvalue weighted by molar-refractivity contribution is 0.603. The quantitative estimate of drug-likeness (QED) is 0.827. The molecule has 0 amide bonds. The van der Waals surface area contributed by atoms with Crippen LogP contribution in [0, 0.1) is 0 Å². The van der Waals surface area contributed by atoms with Crippen LogP contribution in [0.1, 0.15) is 13.3 Å². The molecular formula is C11H14N4. The molecular weight excluding hydrogens is 188 g/mol. The van der Waals surface area contributed by atoms with E-state index in [1.165, 1.54) is 0 Å². The van der Waals surface area contributed by atoms with Crippen molar-refractivity contribution in [2.24, 2.45) is 0 Å². The number of nitrogens with zero attached hydrogens (tertiary/aromatic N) is 3. The molecule has 0 saturated carbocycles. The maximum Gasteiger partial charge on any atom is 0.0753 e. The monoisotopic (exact) mass is 202 g/mol. The van der Waals surface area contributed by atoms with Gasteiger partial charge in [0.25, 0.3) is 0 Å². The second-order valence-corrected chi connectivity index (χ2v) is 3.47. The number of nitrogens with two attached hydrogens (primary N) is 1. The standard InChI is InChI=1S/C11H14N4/c1-2-5-15-8-9(7-14-15)11-6-10(12)3-4-13-11/h3-4,6-8H,2,5H2,1H3,(H2,12,13). The fourth-order valence-electron chi connectivity index (χ4n) is 1.45. The molecule has 0 bridgehead atoms. The highest BCUT2D eigenvalue weighted by Gasteiger charge is 2.02. The molecule has 2 N–H and O–H groups in total. The largest absolute Gasteiger partial charge is 0.399 e. The molecule has 2 aromatic heterocycles. The molecule has 2 aromatic rings. The molecule has 0 radical (unpaired) electrons. The first-order valence-electron chi connectivity index (χ1n) is 5.04. The van der Waals surface area contributed by atoms with E-state index in [4.69, 9.17) is 5.73 Å². The zero-order valence-corrected chi connectivity index (χ0v) is 8.72. The van der Waals surface area contributed by atoms with Gasteiger partial charge in [0.05, 0.1) is 11.9 Å². The number of pyridine rings is 1. The Morgan fingerprint density at radius 1 is 1.47 bits per heavy atom. The highest BCUT2D eigenvalue weighted by atomic mass is 15.3. The number of anilines is 1. The highest BCUT2D eigenvalue weighted by molar-refractivity contribution is 5.61. The van der Waals surface area contributed by atoms with Crippen molar-refractivity contribution in [2.75, 3.05) is 5.73 Å². The third-order valence-electron chi connectivity index (χ3n) is 2.17. The fourth-order valence-corrected chi connectivity index (χ4v) is 1.45. The van der Waals surface area contributed by atoms with Gasteiger partial charge in [-0.15, -0.1) is 0 Å². The molecule has 0 unspecified atom stereocenters. The van der Waals surface area contributed by atoms with Gasteiger partial charge in [0, 0.05) is 30.2 Å². The fraction of sp³-hybridized carbons (Fsp3) is 0.273. The number of aromatic nitrogens is 3. The van der Waals surface area contributed by atoms with E-state index in [1.807, 2.05) is 23.1 Å². The lowest BCUT2D eigenvalue weighted by Gasteiger charge is -1.97. The van der Waals surface area contributed by atoms with Gasteiger partial charge >= 0.3 is 0 Å². The Morgan fingerprint density at radius 3 is 3.07 bits per heavy atom. The zero-order chi connectivity index (χ0) is 10.7. The van der Waals surface area contributed by atoms with E-state index in [9.17, 15) is 0 Å². The van der Waals surface area contributed by atoms with E-state index in [2.05, 4.69) is 17.0 Å². The Balaban J connectivity index is 2.29. The number of nitrogen functional groups attached to an aromatic ring is 1. The van der Waals surface area contributed by atoms with Crippen molar-refractivity contribution in [1.29, 1.82) is 0 Å². The van der Waals surface area contributed by atoms with Crippen LogP contribution in [0.2, 0.25) is 0 Å². The first-order valence-corrected chi connectivity index (χ1v) is 5.04. The molecule has 2 rings (SSSR count). The molecule has 15 heavy (non-hydrogen) atoms. The minimum atomic E-state index is 0.725. The summed E-state index contributed by atoms with van der Waals surface area (Å²) < 4.78 is 1.92. The van der Waals surface area contributed by atoms with E-state index in [0.29, 0.717) is 0 Å². The minimum Gasteiger partial charge on any atom is -0.399 e. The molecule has 0 atom stereocenters. The summed E-state index contributed by atoms with van der Waals surface area (Å²) in [4.78, 5) is 4.25. The molecule has 0 saturated heterocycles. The molecule has 2 heterocycles. The van der Waals surface area contributed by atoms with Crippen LogP contribution in [0.25, 0.3) is 11.3 Å². The van der Waals surface area contributed by atoms with Gasteiger partial charge < -0.3 is 5.73 Å². The molecule has 0 aliphatic carbocycles. The maximum absolute atomic E-state index is 5.69. The Morgan fingerprint density at radius 2 is 2.33 bits per heavy atom. The van der Waals surface area contributed by atoms with E-state index in [1.54, 1.807) is 12.3 Å². The van der Waals surface area contributed by atoms with Crippen molar-refractivity contribution in [3.63, 3.8) is 0 Å². The highest BCUT2D eigenvalue weighted by Crippen LogP contribution is 2.17. The van der Waals surface area contributed by atoms with Crippen molar-refractivity contribution in [1.82, 2.24) is 14.8 Å². The van der Waals surface area contributed by atoms with Crippen LogP contribution >= 0.6 is 0 Å². The molecule has 4 heteroatoms. The average Bonchev–Trinajstić information content (AvgIpc) is 2.67. The van der Waals surface area contributed by atoms with Crippen LogP contribution in [0.5, 0.6) is 0 Å². The van der Waals surface area contributed by atoms with Crippen molar-refractivity contribution >= 4 is 5.69 Å². The van der Waals surface area contributed by atoms with Crippen molar-refractivity contribution in [3.05, 3.63) is 30.7 Å². The van der Waals surface area contributed by atoms with E-state index < -0.39 is 0 Å². The molecule has 0 aliphatic heterocycles. The summed E-state index contributed by atoms with van der Waals surface area (Å²) in [7, 11) is 0. The molecule has 78 valence electrons. The second kappa shape index (κ2) is 4.13. The second-order valence-electron chi connectivity index (χ2n) is 3.47. The molecule has 0 spiro atoms. The van der Waals surface area contributed by atoms with Crippen LogP contribution in [-0.4, -0.2) is 14.8 Å². The third kappa shape index (κ3) is 2.15. The van der Waals surface area contributed by atoms with Gasteiger partial charge in [0.1, 0.15) is 0 Å². The van der Waals surface area contributed by atoms with Crippen molar-refractivity contribution in [2.45, 2.75) is 19.9 Å². The van der Waals surface area contributed by atoms with Gasteiger partial charge in [-0.25, -0.2) is 0 Å². The number of hydrogen-bond donors (Lipinski definition) is 1. The SMILES string of the molecule is CCCn1cc(-c2cc(N)ccn2)cn1. The lowest BCUT2D eigenvalue weighted by Crippen LogP contribution is -1.95. The summed E-state index contributed by atoms with van der Waals surface area (Å²) >= 11 is 0. The van der Waals surface area contributed by atoms with Crippen LogP contribution < -0.4 is 5.73 Å². The Bertz CT molecular complexity index is 447. The summed E-state index contributed by atoms with van der Waals surface area (Å²) in [5.74, 6) is 0. The normalized spacial score (nSPS) is 10.5. The first-order chi connectivity index (χ1) is 7.29. The number of hydrogen-bond acceptors (Lipinski definition) is 3. The van der Waals surface area contributed by atoms with Gasteiger partial charge in [-0.3, -0.25) is 9.67 Å². The summed E-state index contributed by atoms with van der Waals surface area (Å²) in [6.07, 6.45) is 6.59. The van der Waals surface area contributed by atoms with Crippen LogP contribution in [-0.2, 0) is 6.54 Å². The first kappa shape index (κ1) is 9.71. The van der Waals surface area contributed by atoms with Crippen molar-refractivity contribution in [3.8, 4) is 11.3 Å². The maximum atomic E-state index is 5.69. The van der Waals surface area contributed by atoms with E-state index in [-0.39, 0.29) is 0 Å². The summed E-state index contributed by atoms with van der Waals surface area (Å²) in [6, 6.07) is 3.63. The summed E-state index contributed by atoms with van der Waals surface area (Å²) in [5, 5.41) is 4.25. The summed E-state index contributed by atoms with van der Waals surface area (Å²) in [6.45, 7) is 3.06. The summed E-state index contributed by atoms with van der Waals surface area (Å²) in [5.41, 5.74) is 8.30. The van der Waals surface area contributed by atoms with Crippen LogP contribution in [0.3, 0.4) is 0 Å². The van der Waals surface area contributed by atoms with Crippen LogP contribution in [0.4, 0.5) is 5.69 Å². The van der Waals surface area contributed by atoms with Gasteiger partial charge in [-0.2, -0.15) is 5.10 Å².